The lowest BCUT2D eigenvalue weighted by Gasteiger charge is -2.23. The van der Waals surface area contributed by atoms with Crippen molar-refractivity contribution in [1.29, 1.82) is 0 Å². The second-order valence-corrected chi connectivity index (χ2v) is 4.85. The molecule has 1 aliphatic heterocycles. The van der Waals surface area contributed by atoms with E-state index < -0.39 is 0 Å². The summed E-state index contributed by atoms with van der Waals surface area (Å²) in [5.74, 6) is 0.837. The first kappa shape index (κ1) is 9.41. The van der Waals surface area contributed by atoms with Gasteiger partial charge in [0.25, 0.3) is 0 Å². The van der Waals surface area contributed by atoms with Gasteiger partial charge < -0.3 is 4.74 Å². The third kappa shape index (κ3) is 1.81. The van der Waals surface area contributed by atoms with E-state index in [1.54, 1.807) is 0 Å². The van der Waals surface area contributed by atoms with E-state index in [0.29, 0.717) is 12.2 Å². The minimum atomic E-state index is 0.374. The highest BCUT2D eigenvalue weighted by Crippen LogP contribution is 2.43. The van der Waals surface area contributed by atoms with Crippen LogP contribution in [0.3, 0.4) is 0 Å². The van der Waals surface area contributed by atoms with Crippen LogP contribution < -0.4 is 0 Å². The molecule has 1 aliphatic carbocycles. The Kier molecular flexibility index (Phi) is 2.49. The second kappa shape index (κ2) is 3.97. The number of benzene rings is 1. The molecule has 0 unspecified atom stereocenters. The van der Waals surface area contributed by atoms with Crippen LogP contribution in [0, 0.1) is 5.92 Å². The fourth-order valence-electron chi connectivity index (χ4n) is 3.05. The molecule has 2 fully saturated rings. The standard InChI is InChI=1S/C14H18O/c1-2-6-11(7-3-1)14-10-12-8-4-5-9-13(12)15-14/h1-3,6-7,12-14H,4-5,8-10H2/t12-,13+,14+/m0/s1. The summed E-state index contributed by atoms with van der Waals surface area (Å²) in [4.78, 5) is 0. The molecule has 80 valence electrons. The Morgan fingerprint density at radius 1 is 1.00 bits per heavy atom. The van der Waals surface area contributed by atoms with Gasteiger partial charge in [-0.25, -0.2) is 0 Å². The van der Waals surface area contributed by atoms with Crippen molar-refractivity contribution in [3.8, 4) is 0 Å². The first-order chi connectivity index (χ1) is 7.43. The molecular formula is C14H18O. The van der Waals surface area contributed by atoms with Gasteiger partial charge >= 0.3 is 0 Å². The van der Waals surface area contributed by atoms with Crippen LogP contribution in [0.4, 0.5) is 0 Å². The summed E-state index contributed by atoms with van der Waals surface area (Å²) < 4.78 is 6.15. The lowest BCUT2D eigenvalue weighted by atomic mass is 9.85. The van der Waals surface area contributed by atoms with E-state index in [4.69, 9.17) is 4.74 Å². The van der Waals surface area contributed by atoms with Gasteiger partial charge in [0.15, 0.2) is 0 Å². The average Bonchev–Trinajstić information content (AvgIpc) is 2.74. The quantitative estimate of drug-likeness (QED) is 0.674. The highest BCUT2D eigenvalue weighted by atomic mass is 16.5. The van der Waals surface area contributed by atoms with Crippen LogP contribution in [-0.2, 0) is 4.74 Å². The molecule has 1 saturated carbocycles. The smallest absolute Gasteiger partial charge is 0.0832 e. The summed E-state index contributed by atoms with van der Waals surface area (Å²) in [6, 6.07) is 10.7. The van der Waals surface area contributed by atoms with Crippen LogP contribution in [0.5, 0.6) is 0 Å². The number of hydrogen-bond acceptors (Lipinski definition) is 1. The Balaban J connectivity index is 1.75. The molecule has 0 radical (unpaired) electrons. The predicted octanol–water partition coefficient (Wildman–Crippen LogP) is 3.71. The van der Waals surface area contributed by atoms with E-state index >= 15 is 0 Å². The second-order valence-electron chi connectivity index (χ2n) is 4.85. The van der Waals surface area contributed by atoms with Gasteiger partial charge in [-0.15, -0.1) is 0 Å². The van der Waals surface area contributed by atoms with E-state index in [9.17, 15) is 0 Å². The highest BCUT2D eigenvalue weighted by molar-refractivity contribution is 5.18. The van der Waals surface area contributed by atoms with Crippen molar-refractivity contribution in [2.75, 3.05) is 0 Å². The maximum absolute atomic E-state index is 6.15. The molecular weight excluding hydrogens is 184 g/mol. The number of fused-ring (bicyclic) bond motifs is 1. The Labute approximate surface area is 91.5 Å². The van der Waals surface area contributed by atoms with Crippen LogP contribution in [0.15, 0.2) is 30.3 Å². The maximum atomic E-state index is 6.15. The average molecular weight is 202 g/mol. The summed E-state index contributed by atoms with van der Waals surface area (Å²) in [6.07, 6.45) is 7.62. The first-order valence-corrected chi connectivity index (χ1v) is 6.14. The van der Waals surface area contributed by atoms with Crippen molar-refractivity contribution in [2.24, 2.45) is 5.92 Å². The predicted molar refractivity (Wildman–Crippen MR) is 60.6 cm³/mol. The lowest BCUT2D eigenvalue weighted by Crippen LogP contribution is -2.19. The Bertz CT molecular complexity index is 305. The monoisotopic (exact) mass is 202 g/mol. The van der Waals surface area contributed by atoms with Crippen LogP contribution in [0.1, 0.15) is 43.8 Å². The minimum absolute atomic E-state index is 0.374. The summed E-state index contributed by atoms with van der Waals surface area (Å²) in [6.45, 7) is 0. The molecule has 1 saturated heterocycles. The van der Waals surface area contributed by atoms with Crippen molar-refractivity contribution in [1.82, 2.24) is 0 Å². The molecule has 1 nitrogen and oxygen atoms in total. The largest absolute Gasteiger partial charge is 0.370 e. The Morgan fingerprint density at radius 3 is 2.60 bits per heavy atom. The van der Waals surface area contributed by atoms with Gasteiger partial charge in [-0.2, -0.15) is 0 Å². The van der Waals surface area contributed by atoms with Gasteiger partial charge in [0, 0.05) is 0 Å². The molecule has 0 amide bonds. The van der Waals surface area contributed by atoms with Crippen molar-refractivity contribution < 1.29 is 4.74 Å². The van der Waals surface area contributed by atoms with Crippen LogP contribution >= 0.6 is 0 Å². The van der Waals surface area contributed by atoms with Gasteiger partial charge in [-0.05, 0) is 30.7 Å². The number of rotatable bonds is 1. The van der Waals surface area contributed by atoms with Gasteiger partial charge in [0.2, 0.25) is 0 Å². The zero-order valence-electron chi connectivity index (χ0n) is 9.06. The molecule has 1 aromatic carbocycles. The molecule has 15 heavy (non-hydrogen) atoms. The minimum Gasteiger partial charge on any atom is -0.370 e. The summed E-state index contributed by atoms with van der Waals surface area (Å²) >= 11 is 0. The molecule has 0 bridgehead atoms. The van der Waals surface area contributed by atoms with Crippen molar-refractivity contribution in [3.05, 3.63) is 35.9 Å². The van der Waals surface area contributed by atoms with Crippen molar-refractivity contribution in [3.63, 3.8) is 0 Å². The van der Waals surface area contributed by atoms with E-state index in [1.807, 2.05) is 0 Å². The molecule has 1 heteroatoms. The molecule has 0 N–H and O–H groups in total. The van der Waals surface area contributed by atoms with E-state index in [1.165, 1.54) is 37.7 Å². The van der Waals surface area contributed by atoms with E-state index in [0.717, 1.165) is 5.92 Å². The van der Waals surface area contributed by atoms with Gasteiger partial charge in [-0.3, -0.25) is 0 Å². The third-order valence-corrected chi connectivity index (χ3v) is 3.87. The molecule has 1 aromatic rings. The fourth-order valence-corrected chi connectivity index (χ4v) is 3.05. The first-order valence-electron chi connectivity index (χ1n) is 6.14. The van der Waals surface area contributed by atoms with Gasteiger partial charge in [0.1, 0.15) is 0 Å². The van der Waals surface area contributed by atoms with Crippen molar-refractivity contribution >= 4 is 0 Å². The molecule has 1 heterocycles. The molecule has 3 atom stereocenters. The normalized spacial score (nSPS) is 35.1. The lowest BCUT2D eigenvalue weighted by molar-refractivity contribution is 0.0183. The SMILES string of the molecule is c1ccc([C@H]2C[C@@H]3CCCC[C@H]3O2)cc1. The van der Waals surface area contributed by atoms with Gasteiger partial charge in [0.05, 0.1) is 12.2 Å². The maximum Gasteiger partial charge on any atom is 0.0832 e. The Morgan fingerprint density at radius 2 is 1.80 bits per heavy atom. The molecule has 0 aromatic heterocycles. The zero-order valence-corrected chi connectivity index (χ0v) is 9.06. The summed E-state index contributed by atoms with van der Waals surface area (Å²) in [7, 11) is 0. The number of hydrogen-bond donors (Lipinski definition) is 0. The van der Waals surface area contributed by atoms with Gasteiger partial charge in [-0.1, -0.05) is 43.2 Å². The molecule has 3 rings (SSSR count). The molecule has 2 aliphatic rings. The van der Waals surface area contributed by atoms with Crippen LogP contribution in [0.25, 0.3) is 0 Å². The van der Waals surface area contributed by atoms with E-state index in [2.05, 4.69) is 30.3 Å². The van der Waals surface area contributed by atoms with Crippen LogP contribution in [0.2, 0.25) is 0 Å². The third-order valence-electron chi connectivity index (χ3n) is 3.87. The molecule has 0 spiro atoms. The summed E-state index contributed by atoms with van der Waals surface area (Å²) in [5, 5.41) is 0. The zero-order chi connectivity index (χ0) is 10.1. The topological polar surface area (TPSA) is 9.23 Å². The van der Waals surface area contributed by atoms with Crippen LogP contribution in [-0.4, -0.2) is 6.10 Å². The number of ether oxygens (including phenoxy) is 1. The fraction of sp³-hybridized carbons (Fsp3) is 0.571. The Hall–Kier alpha value is -0.820. The highest BCUT2D eigenvalue weighted by Gasteiger charge is 2.36. The summed E-state index contributed by atoms with van der Waals surface area (Å²) in [5.41, 5.74) is 1.37. The van der Waals surface area contributed by atoms with E-state index in [-0.39, 0.29) is 0 Å². The van der Waals surface area contributed by atoms with Crippen molar-refractivity contribution in [2.45, 2.75) is 44.3 Å².